The minimum Gasteiger partial charge on any atom is -0.491 e. The van der Waals surface area contributed by atoms with E-state index in [-0.39, 0.29) is 0 Å². The summed E-state index contributed by atoms with van der Waals surface area (Å²) in [6.45, 7) is 2.99. The number of nitrogens with one attached hydrogen (secondary N) is 1. The molecule has 0 bridgehead atoms. The molecule has 0 amide bonds. The second kappa shape index (κ2) is 8.66. The lowest BCUT2D eigenvalue weighted by Gasteiger charge is -2.28. The quantitative estimate of drug-likeness (QED) is 0.400. The van der Waals surface area contributed by atoms with Crippen LogP contribution in [0.25, 0.3) is 0 Å². The summed E-state index contributed by atoms with van der Waals surface area (Å²) >= 11 is 1.40. The Kier molecular flexibility index (Phi) is 6.56. The molecule has 1 saturated heterocycles. The van der Waals surface area contributed by atoms with Gasteiger partial charge in [-0.25, -0.2) is 4.99 Å². The third-order valence-corrected chi connectivity index (χ3v) is 4.34. The van der Waals surface area contributed by atoms with Gasteiger partial charge in [0.1, 0.15) is 11.4 Å². The molecule has 1 aromatic rings. The molecule has 1 heterocycles. The fourth-order valence-electron chi connectivity index (χ4n) is 2.39. The van der Waals surface area contributed by atoms with Crippen LogP contribution < -0.4 is 10.1 Å². The molecule has 22 heavy (non-hydrogen) atoms. The number of likely N-dealkylation sites (tertiary alicyclic amines) is 1. The van der Waals surface area contributed by atoms with Gasteiger partial charge in [-0.1, -0.05) is 23.9 Å². The van der Waals surface area contributed by atoms with E-state index in [1.807, 2.05) is 36.7 Å². The van der Waals surface area contributed by atoms with Crippen molar-refractivity contribution in [3.8, 4) is 11.9 Å². The van der Waals surface area contributed by atoms with Gasteiger partial charge < -0.3 is 9.64 Å². The second-order valence-electron chi connectivity index (χ2n) is 5.38. The van der Waals surface area contributed by atoms with E-state index in [1.54, 1.807) is 0 Å². The number of hydrogen-bond donors (Lipinski definition) is 1. The molecule has 0 atom stereocenters. The zero-order valence-corrected chi connectivity index (χ0v) is 13.9. The van der Waals surface area contributed by atoms with Gasteiger partial charge in [-0.05, 0) is 57.3 Å². The molecule has 0 spiro atoms. The average Bonchev–Trinajstić information content (AvgIpc) is 2.55. The van der Waals surface area contributed by atoms with Crippen molar-refractivity contribution in [2.45, 2.75) is 12.8 Å². The van der Waals surface area contributed by atoms with Gasteiger partial charge in [-0.2, -0.15) is 5.26 Å². The lowest BCUT2D eigenvalue weighted by molar-refractivity contribution is 0.160. The summed E-state index contributed by atoms with van der Waals surface area (Å²) in [5, 5.41) is 11.9. The standard InChI is InChI=1S/C16H22N4OS/c1-20-9-7-13(8-10-20)11-21-15-6-4-3-5-14(15)19-16(22-2)18-12-17/h3-6,13H,7-11H2,1-2H3,(H,18,19). The molecule has 0 saturated carbocycles. The summed E-state index contributed by atoms with van der Waals surface area (Å²) in [6.07, 6.45) is 6.13. The van der Waals surface area contributed by atoms with Crippen molar-refractivity contribution in [2.75, 3.05) is 33.0 Å². The molecule has 1 aromatic carbocycles. The fraction of sp³-hybridized carbons (Fsp3) is 0.500. The number of benzene rings is 1. The predicted octanol–water partition coefficient (Wildman–Crippen LogP) is 2.83. The highest BCUT2D eigenvalue weighted by atomic mass is 32.2. The summed E-state index contributed by atoms with van der Waals surface area (Å²) in [7, 11) is 2.16. The number of nitrogens with zero attached hydrogens (tertiary/aromatic N) is 3. The Morgan fingerprint density at radius 2 is 2.18 bits per heavy atom. The van der Waals surface area contributed by atoms with Crippen LogP contribution in [-0.2, 0) is 0 Å². The zero-order chi connectivity index (χ0) is 15.8. The zero-order valence-electron chi connectivity index (χ0n) is 13.1. The van der Waals surface area contributed by atoms with E-state index in [2.05, 4.69) is 22.3 Å². The third kappa shape index (κ3) is 4.93. The van der Waals surface area contributed by atoms with E-state index in [9.17, 15) is 0 Å². The number of piperidine rings is 1. The molecule has 5 nitrogen and oxygen atoms in total. The highest BCUT2D eigenvalue weighted by molar-refractivity contribution is 8.13. The Bertz CT molecular complexity index is 547. The SMILES string of the molecule is CSC(=Nc1ccccc1OCC1CCN(C)CC1)NC#N. The highest BCUT2D eigenvalue weighted by Gasteiger charge is 2.17. The van der Waals surface area contributed by atoms with E-state index in [1.165, 1.54) is 24.6 Å². The highest BCUT2D eigenvalue weighted by Crippen LogP contribution is 2.29. The van der Waals surface area contributed by atoms with Crippen LogP contribution in [0.1, 0.15) is 12.8 Å². The van der Waals surface area contributed by atoms with Gasteiger partial charge in [-0.3, -0.25) is 5.32 Å². The topological polar surface area (TPSA) is 60.6 Å². The number of para-hydroxylation sites is 2. The molecule has 0 aromatic heterocycles. The van der Waals surface area contributed by atoms with Crippen molar-refractivity contribution in [1.82, 2.24) is 10.2 Å². The number of aliphatic imine (C=N–C) groups is 1. The van der Waals surface area contributed by atoms with Crippen LogP contribution >= 0.6 is 11.8 Å². The average molecular weight is 318 g/mol. The Labute approximate surface area is 136 Å². The molecule has 6 heteroatoms. The Hall–Kier alpha value is -1.71. The van der Waals surface area contributed by atoms with E-state index in [4.69, 9.17) is 10.00 Å². The molecule has 0 aliphatic carbocycles. The van der Waals surface area contributed by atoms with Crippen molar-refractivity contribution in [3.05, 3.63) is 24.3 Å². The monoisotopic (exact) mass is 318 g/mol. The van der Waals surface area contributed by atoms with Crippen LogP contribution in [0.15, 0.2) is 29.3 Å². The van der Waals surface area contributed by atoms with Gasteiger partial charge in [0.2, 0.25) is 0 Å². The minimum absolute atomic E-state index is 0.567. The molecular weight excluding hydrogens is 296 g/mol. The van der Waals surface area contributed by atoms with Crippen LogP contribution in [0.3, 0.4) is 0 Å². The maximum absolute atomic E-state index is 8.72. The molecule has 1 N–H and O–H groups in total. The van der Waals surface area contributed by atoms with Crippen molar-refractivity contribution in [2.24, 2.45) is 10.9 Å². The van der Waals surface area contributed by atoms with Gasteiger partial charge in [0, 0.05) is 0 Å². The Balaban J connectivity index is 2.01. The summed E-state index contributed by atoms with van der Waals surface area (Å²) in [5.41, 5.74) is 0.752. The van der Waals surface area contributed by atoms with Gasteiger partial charge >= 0.3 is 0 Å². The summed E-state index contributed by atoms with van der Waals surface area (Å²) in [6, 6.07) is 7.70. The van der Waals surface area contributed by atoms with E-state index >= 15 is 0 Å². The number of nitriles is 1. The molecule has 0 radical (unpaired) electrons. The Morgan fingerprint density at radius 3 is 2.86 bits per heavy atom. The molecular formula is C16H22N4OS. The van der Waals surface area contributed by atoms with E-state index in [0.29, 0.717) is 11.1 Å². The first kappa shape index (κ1) is 16.7. The summed E-state index contributed by atoms with van der Waals surface area (Å²) in [4.78, 5) is 6.81. The van der Waals surface area contributed by atoms with Crippen LogP contribution in [0.5, 0.6) is 5.75 Å². The lowest BCUT2D eigenvalue weighted by atomic mass is 9.98. The van der Waals surface area contributed by atoms with Gasteiger partial charge in [-0.15, -0.1) is 0 Å². The number of rotatable bonds is 4. The minimum atomic E-state index is 0.567. The van der Waals surface area contributed by atoms with Crippen molar-refractivity contribution in [3.63, 3.8) is 0 Å². The van der Waals surface area contributed by atoms with Crippen LogP contribution in [0.4, 0.5) is 5.69 Å². The van der Waals surface area contributed by atoms with Crippen LogP contribution in [0, 0.1) is 17.4 Å². The summed E-state index contributed by atoms with van der Waals surface area (Å²) < 4.78 is 5.99. The fourth-order valence-corrected chi connectivity index (χ4v) is 2.73. The third-order valence-electron chi connectivity index (χ3n) is 3.76. The molecule has 1 aliphatic heterocycles. The molecule has 1 fully saturated rings. The van der Waals surface area contributed by atoms with E-state index in [0.717, 1.165) is 31.1 Å². The van der Waals surface area contributed by atoms with Gasteiger partial charge in [0.15, 0.2) is 11.4 Å². The molecule has 1 aliphatic rings. The smallest absolute Gasteiger partial charge is 0.183 e. The Morgan fingerprint density at radius 1 is 1.45 bits per heavy atom. The van der Waals surface area contributed by atoms with Crippen molar-refractivity contribution >= 4 is 22.6 Å². The van der Waals surface area contributed by atoms with Crippen molar-refractivity contribution < 1.29 is 4.74 Å². The largest absolute Gasteiger partial charge is 0.491 e. The van der Waals surface area contributed by atoms with Crippen LogP contribution in [0.2, 0.25) is 0 Å². The molecule has 0 unspecified atom stereocenters. The summed E-state index contributed by atoms with van der Waals surface area (Å²) in [5.74, 6) is 1.37. The first-order valence-electron chi connectivity index (χ1n) is 7.41. The van der Waals surface area contributed by atoms with Crippen molar-refractivity contribution in [1.29, 1.82) is 5.26 Å². The normalized spacial score (nSPS) is 17.0. The number of thioether (sulfide) groups is 1. The maximum atomic E-state index is 8.72. The first-order chi connectivity index (χ1) is 10.7. The van der Waals surface area contributed by atoms with Crippen LogP contribution in [-0.4, -0.2) is 43.1 Å². The van der Waals surface area contributed by atoms with Gasteiger partial charge in [0.25, 0.3) is 0 Å². The van der Waals surface area contributed by atoms with E-state index < -0.39 is 0 Å². The second-order valence-corrected chi connectivity index (χ2v) is 6.18. The molecule has 2 rings (SSSR count). The lowest BCUT2D eigenvalue weighted by Crippen LogP contribution is -2.32. The number of ether oxygens (including phenoxy) is 1. The number of amidine groups is 1. The predicted molar refractivity (Wildman–Crippen MR) is 91.5 cm³/mol. The first-order valence-corrected chi connectivity index (χ1v) is 8.63. The van der Waals surface area contributed by atoms with Gasteiger partial charge in [0.05, 0.1) is 6.61 Å². The molecule has 118 valence electrons. The maximum Gasteiger partial charge on any atom is 0.183 e. The number of hydrogen-bond acceptors (Lipinski definition) is 5.